The molecule has 2 aromatic heterocycles. The minimum absolute atomic E-state index is 0. The predicted molar refractivity (Wildman–Crippen MR) is 61.0 cm³/mol. The number of benzene rings is 1. The zero-order chi connectivity index (χ0) is 9.38. The van der Waals surface area contributed by atoms with Crippen LogP contribution in [0.3, 0.4) is 0 Å². The number of rotatable bonds is 1. The van der Waals surface area contributed by atoms with Gasteiger partial charge in [0.15, 0.2) is 11.6 Å². The fourth-order valence-electron chi connectivity index (χ4n) is 1.48. The highest BCUT2D eigenvalue weighted by molar-refractivity contribution is 5.85. The fourth-order valence-corrected chi connectivity index (χ4v) is 1.48. The number of nitrogens with zero attached hydrogens (tertiary/aromatic N) is 1. The molecule has 0 radical (unpaired) electrons. The monoisotopic (exact) mass is 220 g/mol. The Morgan fingerprint density at radius 1 is 1.07 bits per heavy atom. The first-order valence-electron chi connectivity index (χ1n) is 4.42. The molecule has 0 atom stereocenters. The molecule has 1 aromatic carbocycles. The average Bonchev–Trinajstić information content (AvgIpc) is 2.86. The molecule has 15 heavy (non-hydrogen) atoms. The molecule has 76 valence electrons. The topological polar surface area (TPSA) is 41.8 Å². The van der Waals surface area contributed by atoms with Crippen LogP contribution in [0.1, 0.15) is 0 Å². The molecule has 3 rings (SSSR count). The first-order valence-corrected chi connectivity index (χ1v) is 4.42. The number of para-hydroxylation sites is 2. The van der Waals surface area contributed by atoms with Gasteiger partial charge in [0.25, 0.3) is 0 Å². The third kappa shape index (κ3) is 1.62. The van der Waals surface area contributed by atoms with Crippen molar-refractivity contribution in [2.45, 2.75) is 0 Å². The Morgan fingerprint density at radius 3 is 2.67 bits per heavy atom. The first kappa shape index (κ1) is 9.80. The van der Waals surface area contributed by atoms with E-state index < -0.39 is 0 Å². The molecule has 0 saturated heterocycles. The van der Waals surface area contributed by atoms with Gasteiger partial charge in [-0.3, -0.25) is 0 Å². The Balaban J connectivity index is 0.000000853. The summed E-state index contributed by atoms with van der Waals surface area (Å²) in [6.45, 7) is 0. The second kappa shape index (κ2) is 3.79. The molecule has 2 heterocycles. The number of hydrogen-bond donors (Lipinski definition) is 1. The number of aromatic amines is 1. The number of furan rings is 1. The minimum atomic E-state index is 0. The van der Waals surface area contributed by atoms with Crippen molar-refractivity contribution in [1.29, 1.82) is 0 Å². The number of halogens is 1. The molecule has 1 N–H and O–H groups in total. The normalized spacial score (nSPS) is 10.1. The van der Waals surface area contributed by atoms with Crippen LogP contribution in [-0.2, 0) is 0 Å². The first-order chi connectivity index (χ1) is 6.93. The molecule has 0 amide bonds. The summed E-state index contributed by atoms with van der Waals surface area (Å²) in [5, 5.41) is 0. The summed E-state index contributed by atoms with van der Waals surface area (Å²) in [5.74, 6) is 1.54. The van der Waals surface area contributed by atoms with Crippen molar-refractivity contribution in [3.63, 3.8) is 0 Å². The van der Waals surface area contributed by atoms with Gasteiger partial charge in [-0.15, -0.1) is 12.4 Å². The van der Waals surface area contributed by atoms with Crippen molar-refractivity contribution >= 4 is 23.4 Å². The lowest BCUT2D eigenvalue weighted by molar-refractivity contribution is 0.578. The zero-order valence-electron chi connectivity index (χ0n) is 7.81. The van der Waals surface area contributed by atoms with Crippen molar-refractivity contribution < 1.29 is 4.42 Å². The van der Waals surface area contributed by atoms with Crippen LogP contribution in [0.5, 0.6) is 0 Å². The quantitative estimate of drug-likeness (QED) is 0.684. The highest BCUT2D eigenvalue weighted by Crippen LogP contribution is 2.19. The Labute approximate surface area is 92.5 Å². The SMILES string of the molecule is Cl.c1coc(-c2nc3ccccc3[nH]2)c1. The van der Waals surface area contributed by atoms with Gasteiger partial charge in [-0.1, -0.05) is 12.1 Å². The molecular weight excluding hydrogens is 212 g/mol. The maximum atomic E-state index is 5.26. The molecule has 3 aromatic rings. The van der Waals surface area contributed by atoms with Gasteiger partial charge >= 0.3 is 0 Å². The highest BCUT2D eigenvalue weighted by atomic mass is 35.5. The van der Waals surface area contributed by atoms with Crippen LogP contribution in [-0.4, -0.2) is 9.97 Å². The Kier molecular flexibility index (Phi) is 2.47. The molecular formula is C11H9ClN2O. The zero-order valence-corrected chi connectivity index (χ0v) is 8.62. The van der Waals surface area contributed by atoms with Crippen LogP contribution in [0.25, 0.3) is 22.6 Å². The lowest BCUT2D eigenvalue weighted by atomic mass is 10.3. The van der Waals surface area contributed by atoms with Crippen molar-refractivity contribution in [1.82, 2.24) is 9.97 Å². The summed E-state index contributed by atoms with van der Waals surface area (Å²) in [5.41, 5.74) is 1.98. The van der Waals surface area contributed by atoms with E-state index >= 15 is 0 Å². The van der Waals surface area contributed by atoms with Gasteiger partial charge in [-0.05, 0) is 24.3 Å². The maximum absolute atomic E-state index is 5.26. The average molecular weight is 221 g/mol. The Bertz CT molecular complexity index is 524. The third-order valence-corrected chi connectivity index (χ3v) is 2.14. The number of aromatic nitrogens is 2. The number of hydrogen-bond acceptors (Lipinski definition) is 2. The molecule has 0 fully saturated rings. The molecule has 0 aliphatic heterocycles. The Morgan fingerprint density at radius 2 is 1.93 bits per heavy atom. The number of H-pyrrole nitrogens is 1. The number of nitrogens with one attached hydrogen (secondary N) is 1. The summed E-state index contributed by atoms with van der Waals surface area (Å²) >= 11 is 0. The van der Waals surface area contributed by atoms with E-state index in [0.717, 1.165) is 22.6 Å². The summed E-state index contributed by atoms with van der Waals surface area (Å²) in [6, 6.07) is 11.6. The van der Waals surface area contributed by atoms with E-state index in [9.17, 15) is 0 Å². The largest absolute Gasteiger partial charge is 0.461 e. The molecule has 0 spiro atoms. The van der Waals surface area contributed by atoms with Gasteiger partial charge in [0.2, 0.25) is 0 Å². The molecule has 0 aliphatic carbocycles. The number of imidazole rings is 1. The maximum Gasteiger partial charge on any atom is 0.174 e. The fraction of sp³-hybridized carbons (Fsp3) is 0. The van der Waals surface area contributed by atoms with Crippen LogP contribution in [0.4, 0.5) is 0 Å². The summed E-state index contributed by atoms with van der Waals surface area (Å²) < 4.78 is 5.26. The van der Waals surface area contributed by atoms with Gasteiger partial charge in [-0.25, -0.2) is 4.98 Å². The summed E-state index contributed by atoms with van der Waals surface area (Å²) in [4.78, 5) is 7.60. The lowest BCUT2D eigenvalue weighted by Crippen LogP contribution is -1.73. The molecule has 3 nitrogen and oxygen atoms in total. The van der Waals surface area contributed by atoms with E-state index in [2.05, 4.69) is 9.97 Å². The van der Waals surface area contributed by atoms with E-state index in [4.69, 9.17) is 4.42 Å². The smallest absolute Gasteiger partial charge is 0.174 e. The van der Waals surface area contributed by atoms with Crippen molar-refractivity contribution in [3.8, 4) is 11.6 Å². The van der Waals surface area contributed by atoms with Crippen molar-refractivity contribution in [2.75, 3.05) is 0 Å². The summed E-state index contributed by atoms with van der Waals surface area (Å²) in [7, 11) is 0. The van der Waals surface area contributed by atoms with Crippen LogP contribution < -0.4 is 0 Å². The van der Waals surface area contributed by atoms with Crippen LogP contribution in [0, 0.1) is 0 Å². The second-order valence-corrected chi connectivity index (χ2v) is 3.08. The molecule has 0 bridgehead atoms. The van der Waals surface area contributed by atoms with Crippen LogP contribution >= 0.6 is 12.4 Å². The van der Waals surface area contributed by atoms with Crippen molar-refractivity contribution in [3.05, 3.63) is 42.7 Å². The van der Waals surface area contributed by atoms with Gasteiger partial charge < -0.3 is 9.40 Å². The van der Waals surface area contributed by atoms with Crippen LogP contribution in [0.2, 0.25) is 0 Å². The number of fused-ring (bicyclic) bond motifs is 1. The lowest BCUT2D eigenvalue weighted by Gasteiger charge is -1.85. The molecule has 0 unspecified atom stereocenters. The van der Waals surface area contributed by atoms with E-state index in [-0.39, 0.29) is 12.4 Å². The second-order valence-electron chi connectivity index (χ2n) is 3.08. The van der Waals surface area contributed by atoms with E-state index in [1.807, 2.05) is 36.4 Å². The van der Waals surface area contributed by atoms with E-state index in [1.165, 1.54) is 0 Å². The predicted octanol–water partition coefficient (Wildman–Crippen LogP) is 3.24. The van der Waals surface area contributed by atoms with Crippen molar-refractivity contribution in [2.24, 2.45) is 0 Å². The van der Waals surface area contributed by atoms with E-state index in [0.29, 0.717) is 0 Å². The van der Waals surface area contributed by atoms with Gasteiger partial charge in [0.1, 0.15) is 0 Å². The minimum Gasteiger partial charge on any atom is -0.461 e. The standard InChI is InChI=1S/C11H8N2O.ClH/c1-2-5-9-8(4-1)12-11(13-9)10-6-3-7-14-10;/h1-7H,(H,12,13);1H. The molecule has 0 saturated carbocycles. The third-order valence-electron chi connectivity index (χ3n) is 2.14. The van der Waals surface area contributed by atoms with Gasteiger partial charge in [0, 0.05) is 0 Å². The van der Waals surface area contributed by atoms with Gasteiger partial charge in [-0.2, -0.15) is 0 Å². The molecule has 4 heteroatoms. The molecule has 0 aliphatic rings. The Hall–Kier alpha value is -1.74. The van der Waals surface area contributed by atoms with Gasteiger partial charge in [0.05, 0.1) is 17.3 Å². The van der Waals surface area contributed by atoms with E-state index in [1.54, 1.807) is 6.26 Å². The van der Waals surface area contributed by atoms with Crippen LogP contribution in [0.15, 0.2) is 47.1 Å². The summed E-state index contributed by atoms with van der Waals surface area (Å²) in [6.07, 6.45) is 1.64. The highest BCUT2D eigenvalue weighted by Gasteiger charge is 2.05.